The third-order valence-electron chi connectivity index (χ3n) is 3.03. The molecule has 0 radical (unpaired) electrons. The molecule has 0 bridgehead atoms. The largest absolute Gasteiger partial charge is 0.307 e. The zero-order chi connectivity index (χ0) is 12.5. The number of rotatable bonds is 8. The van der Waals surface area contributed by atoms with Crippen molar-refractivity contribution < 1.29 is 0 Å². The number of allylic oxidation sites excluding steroid dienone is 1. The van der Waals surface area contributed by atoms with Gasteiger partial charge in [-0.2, -0.15) is 0 Å². The predicted molar refractivity (Wildman–Crippen MR) is 82.3 cm³/mol. The van der Waals surface area contributed by atoms with Crippen molar-refractivity contribution in [3.05, 3.63) is 10.6 Å². The summed E-state index contributed by atoms with van der Waals surface area (Å²) in [7, 11) is 0. The van der Waals surface area contributed by atoms with Gasteiger partial charge in [-0.1, -0.05) is 41.8 Å². The quantitative estimate of drug-likeness (QED) is 0.527. The smallest absolute Gasteiger partial charge is 0.103 e. The molecule has 0 heterocycles. The van der Waals surface area contributed by atoms with Gasteiger partial charge in [-0.3, -0.25) is 5.32 Å². The lowest BCUT2D eigenvalue weighted by Gasteiger charge is -2.21. The third kappa shape index (κ3) is 7.50. The molecule has 3 N–H and O–H groups in total. The van der Waals surface area contributed by atoms with Gasteiger partial charge in [0.15, 0.2) is 0 Å². The molecule has 4 heteroatoms. The van der Waals surface area contributed by atoms with Crippen molar-refractivity contribution >= 4 is 27.7 Å². The van der Waals surface area contributed by atoms with Crippen LogP contribution < -0.4 is 11.1 Å². The summed E-state index contributed by atoms with van der Waals surface area (Å²) in [4.78, 5) is 0. The lowest BCUT2D eigenvalue weighted by molar-refractivity contribution is 0.487. The monoisotopic (exact) mass is 320 g/mol. The SMILES string of the molecule is CCCCCSC(N)NCC1C=C(Br)CCC1. The first-order valence-corrected chi connectivity index (χ1v) is 8.53. The summed E-state index contributed by atoms with van der Waals surface area (Å²) in [6.45, 7) is 3.24. The minimum atomic E-state index is 0.0981. The second-order valence-electron chi connectivity index (χ2n) is 4.67. The van der Waals surface area contributed by atoms with E-state index in [1.165, 1.54) is 48.8 Å². The highest BCUT2D eigenvalue weighted by atomic mass is 79.9. The van der Waals surface area contributed by atoms with Crippen molar-refractivity contribution in [3.63, 3.8) is 0 Å². The average molecular weight is 321 g/mol. The van der Waals surface area contributed by atoms with Crippen molar-refractivity contribution in [1.82, 2.24) is 5.32 Å². The van der Waals surface area contributed by atoms with Gasteiger partial charge in [0, 0.05) is 6.54 Å². The molecule has 0 amide bonds. The summed E-state index contributed by atoms with van der Waals surface area (Å²) < 4.78 is 1.36. The highest BCUT2D eigenvalue weighted by Crippen LogP contribution is 2.26. The molecule has 2 unspecified atom stereocenters. The molecule has 17 heavy (non-hydrogen) atoms. The fourth-order valence-corrected chi connectivity index (χ4v) is 3.50. The Balaban J connectivity index is 2.06. The van der Waals surface area contributed by atoms with Crippen LogP contribution in [0, 0.1) is 5.92 Å². The molecule has 0 fully saturated rings. The van der Waals surface area contributed by atoms with Crippen LogP contribution >= 0.6 is 27.7 Å². The molecule has 1 rings (SSSR count). The van der Waals surface area contributed by atoms with Crippen molar-refractivity contribution in [3.8, 4) is 0 Å². The summed E-state index contributed by atoms with van der Waals surface area (Å²) >= 11 is 5.43. The van der Waals surface area contributed by atoms with Crippen molar-refractivity contribution in [2.45, 2.75) is 50.9 Å². The Morgan fingerprint density at radius 3 is 3.12 bits per heavy atom. The summed E-state index contributed by atoms with van der Waals surface area (Å²) in [6.07, 6.45) is 10.0. The van der Waals surface area contributed by atoms with E-state index in [1.807, 2.05) is 11.8 Å². The van der Waals surface area contributed by atoms with Gasteiger partial charge < -0.3 is 5.73 Å². The Labute approximate surface area is 118 Å². The second kappa shape index (κ2) is 9.42. The molecule has 0 saturated heterocycles. The first-order valence-electron chi connectivity index (χ1n) is 6.69. The summed E-state index contributed by atoms with van der Waals surface area (Å²) in [5.41, 5.74) is 6.13. The zero-order valence-corrected chi connectivity index (χ0v) is 13.2. The molecule has 0 spiro atoms. The second-order valence-corrected chi connectivity index (χ2v) is 6.94. The van der Waals surface area contributed by atoms with Crippen molar-refractivity contribution in [1.29, 1.82) is 0 Å². The van der Waals surface area contributed by atoms with Crippen LogP contribution in [-0.2, 0) is 0 Å². The molecule has 0 aromatic rings. The minimum absolute atomic E-state index is 0.0981. The van der Waals surface area contributed by atoms with Gasteiger partial charge in [-0.25, -0.2) is 0 Å². The number of halogens is 1. The topological polar surface area (TPSA) is 38.0 Å². The molecule has 100 valence electrons. The van der Waals surface area contributed by atoms with Crippen LogP contribution in [-0.4, -0.2) is 17.8 Å². The molecule has 0 saturated carbocycles. The molecule has 0 aromatic carbocycles. The maximum Gasteiger partial charge on any atom is 0.103 e. The van der Waals surface area contributed by atoms with Gasteiger partial charge >= 0.3 is 0 Å². The Morgan fingerprint density at radius 1 is 1.59 bits per heavy atom. The molecule has 2 atom stereocenters. The molecule has 0 aromatic heterocycles. The van der Waals surface area contributed by atoms with Gasteiger partial charge in [-0.15, -0.1) is 11.8 Å². The van der Waals surface area contributed by atoms with Crippen LogP contribution in [0.4, 0.5) is 0 Å². The maximum absolute atomic E-state index is 6.03. The predicted octanol–water partition coefficient (Wildman–Crippen LogP) is 3.82. The number of hydrogen-bond donors (Lipinski definition) is 2. The van der Waals surface area contributed by atoms with Gasteiger partial charge in [0.25, 0.3) is 0 Å². The Hall–Kier alpha value is 0.490. The molecule has 1 aliphatic carbocycles. The average Bonchev–Trinajstić information content (AvgIpc) is 2.32. The fourth-order valence-electron chi connectivity index (χ4n) is 2.01. The zero-order valence-electron chi connectivity index (χ0n) is 10.8. The van der Waals surface area contributed by atoms with Gasteiger partial charge in [-0.05, 0) is 41.8 Å². The molecule has 0 aliphatic heterocycles. The standard InChI is InChI=1S/C13H25BrN2S/c1-2-3-4-8-17-13(15)16-10-11-6-5-7-12(14)9-11/h9,11,13,16H,2-8,10,15H2,1H3. The third-order valence-corrected chi connectivity index (χ3v) is 4.74. The minimum Gasteiger partial charge on any atom is -0.307 e. The van der Waals surface area contributed by atoms with E-state index >= 15 is 0 Å². The number of unbranched alkanes of at least 4 members (excludes halogenated alkanes) is 2. The molecular formula is C13H25BrN2S. The number of thioether (sulfide) groups is 1. The molecule has 2 nitrogen and oxygen atoms in total. The van der Waals surface area contributed by atoms with Crippen molar-refractivity contribution in [2.75, 3.05) is 12.3 Å². The highest BCUT2D eigenvalue weighted by molar-refractivity contribution is 9.11. The highest BCUT2D eigenvalue weighted by Gasteiger charge is 2.13. The number of hydrogen-bond acceptors (Lipinski definition) is 3. The summed E-state index contributed by atoms with van der Waals surface area (Å²) in [5.74, 6) is 1.83. The molecular weight excluding hydrogens is 296 g/mol. The lowest BCUT2D eigenvalue weighted by Crippen LogP contribution is -2.37. The van der Waals surface area contributed by atoms with E-state index in [0.717, 1.165) is 6.54 Å². The van der Waals surface area contributed by atoms with Crippen LogP contribution in [0.3, 0.4) is 0 Å². The number of nitrogens with two attached hydrogens (primary N) is 1. The van der Waals surface area contributed by atoms with Gasteiger partial charge in [0.2, 0.25) is 0 Å². The summed E-state index contributed by atoms with van der Waals surface area (Å²) in [6, 6.07) is 0. The van der Waals surface area contributed by atoms with Crippen LogP contribution in [0.2, 0.25) is 0 Å². The van der Waals surface area contributed by atoms with Crippen LogP contribution in [0.5, 0.6) is 0 Å². The fraction of sp³-hybridized carbons (Fsp3) is 0.846. The first kappa shape index (κ1) is 15.5. The Kier molecular flexibility index (Phi) is 8.62. The Morgan fingerprint density at radius 2 is 2.41 bits per heavy atom. The van der Waals surface area contributed by atoms with Crippen molar-refractivity contribution in [2.24, 2.45) is 11.7 Å². The maximum atomic E-state index is 6.03. The Bertz CT molecular complexity index is 233. The van der Waals surface area contributed by atoms with E-state index < -0.39 is 0 Å². The summed E-state index contributed by atoms with van der Waals surface area (Å²) in [5, 5.41) is 3.43. The van der Waals surface area contributed by atoms with Crippen LogP contribution in [0.15, 0.2) is 10.6 Å². The first-order chi connectivity index (χ1) is 8.22. The normalized spacial score (nSPS) is 22.3. The van der Waals surface area contributed by atoms with E-state index in [4.69, 9.17) is 5.73 Å². The lowest BCUT2D eigenvalue weighted by atomic mass is 9.96. The van der Waals surface area contributed by atoms with Gasteiger partial charge in [0.05, 0.1) is 0 Å². The van der Waals surface area contributed by atoms with E-state index in [1.54, 1.807) is 0 Å². The van der Waals surface area contributed by atoms with Crippen LogP contribution in [0.1, 0.15) is 45.4 Å². The van der Waals surface area contributed by atoms with Crippen LogP contribution in [0.25, 0.3) is 0 Å². The van der Waals surface area contributed by atoms with E-state index in [9.17, 15) is 0 Å². The van der Waals surface area contributed by atoms with Gasteiger partial charge in [0.1, 0.15) is 5.50 Å². The van der Waals surface area contributed by atoms with E-state index in [0.29, 0.717) is 5.92 Å². The molecule has 1 aliphatic rings. The van der Waals surface area contributed by atoms with E-state index in [2.05, 4.69) is 34.2 Å². The number of nitrogens with one attached hydrogen (secondary N) is 1. The van der Waals surface area contributed by atoms with E-state index in [-0.39, 0.29) is 5.50 Å².